The highest BCUT2D eigenvalue weighted by atomic mass is 32.2. The Morgan fingerprint density at radius 2 is 0.569 bits per heavy atom. The van der Waals surface area contributed by atoms with Crippen molar-refractivity contribution in [3.63, 3.8) is 0 Å². The van der Waals surface area contributed by atoms with Crippen LogP contribution < -0.4 is 0 Å². The van der Waals surface area contributed by atoms with Gasteiger partial charge in [-0.25, -0.2) is 0 Å². The topological polar surface area (TPSA) is 68.3 Å². The van der Waals surface area contributed by atoms with Crippen LogP contribution >= 0.6 is 47.0 Å². The molecule has 6 aromatic rings. The molecule has 0 amide bonds. The van der Waals surface area contributed by atoms with Crippen LogP contribution in [0.5, 0.6) is 0 Å². The molecule has 4 unspecified atom stereocenters. The molecular formula is C46H44O4S8. The van der Waals surface area contributed by atoms with Crippen molar-refractivity contribution in [2.24, 2.45) is 0 Å². The second-order valence-corrected chi connectivity index (χ2v) is 24.5. The molecule has 58 heavy (non-hydrogen) atoms. The van der Waals surface area contributed by atoms with Crippen molar-refractivity contribution in [3.8, 4) is 22.3 Å². The monoisotopic (exact) mass is 916 g/mol. The Balaban J connectivity index is 1.55. The Morgan fingerprint density at radius 1 is 0.328 bits per heavy atom. The van der Waals surface area contributed by atoms with Crippen LogP contribution in [0.15, 0.2) is 144 Å². The summed E-state index contributed by atoms with van der Waals surface area (Å²) in [7, 11) is -5.45. The molecule has 0 aliphatic carbocycles. The number of hydrogen-bond acceptors (Lipinski definition) is 8. The lowest BCUT2D eigenvalue weighted by atomic mass is 9.94. The number of benzene rings is 6. The highest BCUT2D eigenvalue weighted by Gasteiger charge is 2.23. The molecule has 12 heteroatoms. The lowest BCUT2D eigenvalue weighted by molar-refractivity contribution is 0.680. The SMILES string of the molecule is Cc1cc(C)c(-c2cc3cc(c2)Sc2cc(c(S(C)=O)cc2S(C)=O)Sc2cc(cc(-c4c(C)cc(C)cc4C)c2)Sc2cc(c(S(C)=O)cc2S(C)=O)S3)c(C)c1. The zero-order valence-corrected chi connectivity index (χ0v) is 40.5. The summed E-state index contributed by atoms with van der Waals surface area (Å²) in [5.41, 5.74) is 11.5. The van der Waals surface area contributed by atoms with E-state index < -0.39 is 43.2 Å². The molecule has 0 N–H and O–H groups in total. The van der Waals surface area contributed by atoms with Crippen molar-refractivity contribution in [1.82, 2.24) is 0 Å². The van der Waals surface area contributed by atoms with Crippen molar-refractivity contribution < 1.29 is 16.8 Å². The zero-order chi connectivity index (χ0) is 41.7. The quantitative estimate of drug-likeness (QED) is 0.163. The first kappa shape index (κ1) is 43.4. The van der Waals surface area contributed by atoms with Gasteiger partial charge < -0.3 is 0 Å². The molecule has 0 fully saturated rings. The van der Waals surface area contributed by atoms with Gasteiger partial charge in [0, 0.05) is 64.2 Å². The summed E-state index contributed by atoms with van der Waals surface area (Å²) in [5, 5.41) is 0. The van der Waals surface area contributed by atoms with Gasteiger partial charge in [-0.15, -0.1) is 0 Å². The molecule has 4 atom stereocenters. The minimum absolute atomic E-state index is 0.635. The Morgan fingerprint density at radius 3 is 0.793 bits per heavy atom. The van der Waals surface area contributed by atoms with Crippen molar-refractivity contribution in [1.29, 1.82) is 0 Å². The van der Waals surface area contributed by atoms with E-state index in [9.17, 15) is 16.8 Å². The Hall–Kier alpha value is -2.68. The fraction of sp³-hybridized carbons (Fsp3) is 0.217. The van der Waals surface area contributed by atoms with E-state index in [1.165, 1.54) is 33.4 Å². The molecule has 0 saturated carbocycles. The van der Waals surface area contributed by atoms with Crippen LogP contribution in [0, 0.1) is 41.5 Å². The molecule has 8 bridgehead atoms. The number of rotatable bonds is 6. The first-order chi connectivity index (χ1) is 27.4. The molecular weight excluding hydrogens is 873 g/mol. The minimum atomic E-state index is -1.36. The molecule has 1 aliphatic rings. The lowest BCUT2D eigenvalue weighted by Gasteiger charge is -2.19. The van der Waals surface area contributed by atoms with Gasteiger partial charge in [0.1, 0.15) is 0 Å². The van der Waals surface area contributed by atoms with Gasteiger partial charge in [-0.05, 0) is 147 Å². The summed E-state index contributed by atoms with van der Waals surface area (Å²) in [6.45, 7) is 12.8. The van der Waals surface area contributed by atoms with Crippen molar-refractivity contribution in [2.45, 2.75) is 100 Å². The summed E-state index contributed by atoms with van der Waals surface area (Å²) in [5.74, 6) is 0. The van der Waals surface area contributed by atoms with Gasteiger partial charge in [0.25, 0.3) is 0 Å². The van der Waals surface area contributed by atoms with Gasteiger partial charge >= 0.3 is 0 Å². The summed E-state index contributed by atoms with van der Waals surface area (Å²) in [4.78, 5) is 9.68. The Kier molecular flexibility index (Phi) is 13.3. The van der Waals surface area contributed by atoms with Gasteiger partial charge in [0.15, 0.2) is 0 Å². The standard InChI is InChI=1S/C46H44O4S8/c1-25-11-27(3)45(28(4)12-25)31-15-33-19-34(16-31)52-38-22-40(44(58(10)50)24-42(38)56(8)48)54-36-18-32(46-29(5)13-26(2)14-30(46)6)17-35(20-36)53-39-21-37(51-33)41(55(7)47)23-43(39)57(9)49/h11-24H,1-10H3. The summed E-state index contributed by atoms with van der Waals surface area (Å²) >= 11 is 6.20. The molecule has 1 heterocycles. The largest absolute Gasteiger partial charge is 0.255 e. The zero-order valence-electron chi connectivity index (χ0n) is 34.0. The number of fused-ring (bicyclic) bond motifs is 8. The average molecular weight is 917 g/mol. The van der Waals surface area contributed by atoms with E-state index >= 15 is 0 Å². The summed E-state index contributed by atoms with van der Waals surface area (Å²) in [6.07, 6.45) is 6.70. The predicted octanol–water partition coefficient (Wildman–Crippen LogP) is 12.7. The van der Waals surface area contributed by atoms with Gasteiger partial charge in [0.05, 0.1) is 62.8 Å². The van der Waals surface area contributed by atoms with E-state index in [1.54, 1.807) is 72.1 Å². The maximum atomic E-state index is 13.5. The van der Waals surface area contributed by atoms with E-state index in [2.05, 4.69) is 114 Å². The highest BCUT2D eigenvalue weighted by molar-refractivity contribution is 8.02. The van der Waals surface area contributed by atoms with Crippen molar-refractivity contribution in [2.75, 3.05) is 25.0 Å². The van der Waals surface area contributed by atoms with Gasteiger partial charge in [-0.1, -0.05) is 82.4 Å². The molecule has 6 aromatic carbocycles. The fourth-order valence-corrected chi connectivity index (χ4v) is 16.4. The van der Waals surface area contributed by atoms with Crippen molar-refractivity contribution in [3.05, 3.63) is 118 Å². The molecule has 0 aromatic heterocycles. The third kappa shape index (κ3) is 9.29. The molecule has 0 radical (unpaired) electrons. The average Bonchev–Trinajstić information content (AvgIpc) is 3.10. The van der Waals surface area contributed by atoms with Crippen LogP contribution in [-0.2, 0) is 43.2 Å². The number of hydrogen-bond donors (Lipinski definition) is 0. The maximum absolute atomic E-state index is 13.5. The molecule has 1 aliphatic heterocycles. The van der Waals surface area contributed by atoms with Crippen LogP contribution in [0.4, 0.5) is 0 Å². The summed E-state index contributed by atoms with van der Waals surface area (Å²) in [6, 6.07) is 29.6. The smallest absolute Gasteiger partial charge is 0.0537 e. The van der Waals surface area contributed by atoms with E-state index in [0.29, 0.717) is 19.6 Å². The van der Waals surface area contributed by atoms with E-state index in [1.807, 2.05) is 12.1 Å². The number of aryl methyl sites for hydroxylation is 6. The van der Waals surface area contributed by atoms with Crippen LogP contribution in [0.1, 0.15) is 33.4 Å². The Labute approximate surface area is 369 Å². The van der Waals surface area contributed by atoms with Gasteiger partial charge in [0.2, 0.25) is 0 Å². The Bertz CT molecular complexity index is 2420. The highest BCUT2D eigenvalue weighted by Crippen LogP contribution is 2.48. The van der Waals surface area contributed by atoms with Crippen molar-refractivity contribution >= 4 is 90.2 Å². The maximum Gasteiger partial charge on any atom is 0.0537 e. The van der Waals surface area contributed by atoms with Crippen LogP contribution in [0.25, 0.3) is 22.3 Å². The second-order valence-electron chi connectivity index (χ2n) is 14.6. The molecule has 7 rings (SSSR count). The van der Waals surface area contributed by atoms with Crippen LogP contribution in [0.3, 0.4) is 0 Å². The van der Waals surface area contributed by atoms with Crippen LogP contribution in [0.2, 0.25) is 0 Å². The van der Waals surface area contributed by atoms with Gasteiger partial charge in [-0.3, -0.25) is 16.8 Å². The molecule has 0 saturated heterocycles. The van der Waals surface area contributed by atoms with Crippen LogP contribution in [-0.4, -0.2) is 41.9 Å². The lowest BCUT2D eigenvalue weighted by Crippen LogP contribution is -2.00. The normalized spacial score (nSPS) is 14.8. The first-order valence-electron chi connectivity index (χ1n) is 18.3. The van der Waals surface area contributed by atoms with E-state index in [-0.39, 0.29) is 0 Å². The molecule has 0 spiro atoms. The molecule has 300 valence electrons. The predicted molar refractivity (Wildman–Crippen MR) is 251 cm³/mol. The fourth-order valence-electron chi connectivity index (χ4n) is 7.71. The second kappa shape index (κ2) is 17.7. The third-order valence-corrected chi connectivity index (χ3v) is 18.3. The minimum Gasteiger partial charge on any atom is -0.255 e. The molecule has 4 nitrogen and oxygen atoms in total. The summed E-state index contributed by atoms with van der Waals surface area (Å²) < 4.78 is 53.9. The van der Waals surface area contributed by atoms with E-state index in [0.717, 1.165) is 61.4 Å². The third-order valence-electron chi connectivity index (χ3n) is 9.86. The first-order valence-corrected chi connectivity index (χ1v) is 27.8. The van der Waals surface area contributed by atoms with E-state index in [4.69, 9.17) is 0 Å². The van der Waals surface area contributed by atoms with Gasteiger partial charge in [-0.2, -0.15) is 0 Å².